The third kappa shape index (κ3) is 5.06. The minimum atomic E-state index is -0.806. The lowest BCUT2D eigenvalue weighted by Gasteiger charge is -2.23. The monoisotopic (exact) mass is 554 g/mol. The van der Waals surface area contributed by atoms with E-state index < -0.39 is 12.0 Å². The third-order valence-corrected chi connectivity index (χ3v) is 8.05. The van der Waals surface area contributed by atoms with Gasteiger partial charge in [-0.3, -0.25) is 14.5 Å². The highest BCUT2D eigenvalue weighted by atomic mass is 35.5. The van der Waals surface area contributed by atoms with Crippen molar-refractivity contribution in [3.63, 3.8) is 0 Å². The molecule has 9 heteroatoms. The topological polar surface area (TPSA) is 88.1 Å². The van der Waals surface area contributed by atoms with Crippen molar-refractivity contribution in [3.05, 3.63) is 75.3 Å². The van der Waals surface area contributed by atoms with Crippen molar-refractivity contribution in [2.75, 3.05) is 19.0 Å². The van der Waals surface area contributed by atoms with E-state index in [4.69, 9.17) is 32.7 Å². The van der Waals surface area contributed by atoms with Crippen LogP contribution in [-0.4, -0.2) is 42.1 Å². The molecule has 3 aromatic carbocycles. The largest absolute Gasteiger partial charge is 0.496 e. The van der Waals surface area contributed by atoms with Gasteiger partial charge in [0.2, 0.25) is 6.41 Å². The average molecular weight is 555 g/mol. The molecule has 3 aromatic rings. The fraction of sp³-hybridized carbons (Fsp3) is 0.310. The van der Waals surface area contributed by atoms with Gasteiger partial charge < -0.3 is 19.9 Å². The van der Waals surface area contributed by atoms with Gasteiger partial charge in [-0.1, -0.05) is 53.5 Å². The van der Waals surface area contributed by atoms with Crippen molar-refractivity contribution in [3.8, 4) is 22.6 Å². The molecular formula is C29H28Cl2N2O5. The SMILES string of the molecule is COc1cc(OC2CCc3c(-c4cccc(NC=O)c4Cl)cccc32)c(Cl)cc1CN1CCCC1C(=O)O. The molecule has 0 saturated carbocycles. The predicted molar refractivity (Wildman–Crippen MR) is 147 cm³/mol. The number of nitrogens with zero attached hydrogens (tertiary/aromatic N) is 1. The second kappa shape index (κ2) is 11.2. The molecule has 1 amide bonds. The Balaban J connectivity index is 1.41. The zero-order valence-corrected chi connectivity index (χ0v) is 22.4. The van der Waals surface area contributed by atoms with Crippen LogP contribution in [0.5, 0.6) is 11.5 Å². The van der Waals surface area contributed by atoms with Crippen LogP contribution >= 0.6 is 23.2 Å². The Hall–Kier alpha value is -3.26. The standard InChI is InChI=1S/C29H28Cl2N2O5/c1-37-26-14-27(22(30)13-17(26)15-33-12-4-9-24(33)29(35)36)38-25-11-10-19-18(5-2-6-20(19)25)21-7-3-8-23(28(21)31)32-16-34/h2-3,5-8,13-14,16,24-25H,4,9-12,15H2,1H3,(H,32,34)(H,35,36). The number of halogens is 2. The Kier molecular flexibility index (Phi) is 7.79. The zero-order chi connectivity index (χ0) is 26.8. The molecule has 1 aliphatic carbocycles. The minimum Gasteiger partial charge on any atom is -0.496 e. The second-order valence-corrected chi connectivity index (χ2v) is 10.3. The molecule has 5 rings (SSSR count). The van der Waals surface area contributed by atoms with E-state index in [1.54, 1.807) is 19.2 Å². The first-order valence-electron chi connectivity index (χ1n) is 12.5. The van der Waals surface area contributed by atoms with Gasteiger partial charge in [-0.05, 0) is 61.1 Å². The zero-order valence-electron chi connectivity index (χ0n) is 20.9. The molecular weight excluding hydrogens is 527 g/mol. The van der Waals surface area contributed by atoms with Crippen LogP contribution < -0.4 is 14.8 Å². The van der Waals surface area contributed by atoms with Gasteiger partial charge in [0, 0.05) is 23.7 Å². The molecule has 0 radical (unpaired) electrons. The molecule has 198 valence electrons. The number of carbonyl (C=O) groups is 2. The molecule has 38 heavy (non-hydrogen) atoms. The van der Waals surface area contributed by atoms with Crippen molar-refractivity contribution in [1.29, 1.82) is 0 Å². The first-order chi connectivity index (χ1) is 18.4. The van der Waals surface area contributed by atoms with Crippen LogP contribution in [0.1, 0.15) is 42.1 Å². The maximum absolute atomic E-state index is 11.6. The Morgan fingerprint density at radius 3 is 2.68 bits per heavy atom. The quantitative estimate of drug-likeness (QED) is 0.299. The number of rotatable bonds is 9. The fourth-order valence-corrected chi connectivity index (χ4v) is 6.07. The average Bonchev–Trinajstić information content (AvgIpc) is 3.54. The normalized spacial score (nSPS) is 18.7. The molecule has 0 aromatic heterocycles. The minimum absolute atomic E-state index is 0.206. The smallest absolute Gasteiger partial charge is 0.320 e. The summed E-state index contributed by atoms with van der Waals surface area (Å²) in [6.45, 7) is 1.16. The predicted octanol–water partition coefficient (Wildman–Crippen LogP) is 6.35. The number of hydrogen-bond acceptors (Lipinski definition) is 5. The Morgan fingerprint density at radius 1 is 1.13 bits per heavy atom. The van der Waals surface area contributed by atoms with E-state index in [1.165, 1.54) is 0 Å². The van der Waals surface area contributed by atoms with E-state index in [2.05, 4.69) is 11.4 Å². The van der Waals surface area contributed by atoms with Crippen molar-refractivity contribution in [2.24, 2.45) is 0 Å². The number of aliphatic carboxylic acids is 1. The maximum atomic E-state index is 11.6. The summed E-state index contributed by atoms with van der Waals surface area (Å²) in [4.78, 5) is 24.5. The van der Waals surface area contributed by atoms with Gasteiger partial charge >= 0.3 is 5.97 Å². The molecule has 2 N–H and O–H groups in total. The van der Waals surface area contributed by atoms with Crippen LogP contribution in [0.15, 0.2) is 48.5 Å². The molecule has 0 bridgehead atoms. The molecule has 2 atom stereocenters. The van der Waals surface area contributed by atoms with Gasteiger partial charge in [0.15, 0.2) is 0 Å². The van der Waals surface area contributed by atoms with E-state index in [0.29, 0.717) is 46.6 Å². The highest BCUT2D eigenvalue weighted by molar-refractivity contribution is 6.36. The van der Waals surface area contributed by atoms with Gasteiger partial charge in [0.05, 0.1) is 22.8 Å². The number of methoxy groups -OCH3 is 1. The van der Waals surface area contributed by atoms with Gasteiger partial charge in [-0.25, -0.2) is 0 Å². The van der Waals surface area contributed by atoms with Crippen molar-refractivity contribution in [1.82, 2.24) is 4.90 Å². The van der Waals surface area contributed by atoms with E-state index >= 15 is 0 Å². The summed E-state index contributed by atoms with van der Waals surface area (Å²) in [7, 11) is 1.59. The summed E-state index contributed by atoms with van der Waals surface area (Å²) in [5.41, 5.74) is 5.45. The summed E-state index contributed by atoms with van der Waals surface area (Å²) in [5.74, 6) is 0.320. The number of carboxylic acid groups (broad SMARTS) is 1. The van der Waals surface area contributed by atoms with Crippen LogP contribution in [0.25, 0.3) is 11.1 Å². The van der Waals surface area contributed by atoms with Crippen LogP contribution in [0, 0.1) is 0 Å². The molecule has 2 unspecified atom stereocenters. The summed E-state index contributed by atoms with van der Waals surface area (Å²) >= 11 is 13.3. The Bertz CT molecular complexity index is 1380. The molecule has 1 saturated heterocycles. The van der Waals surface area contributed by atoms with E-state index in [1.807, 2.05) is 35.2 Å². The highest BCUT2D eigenvalue weighted by Crippen LogP contribution is 2.45. The molecule has 1 fully saturated rings. The highest BCUT2D eigenvalue weighted by Gasteiger charge is 2.32. The van der Waals surface area contributed by atoms with Crippen LogP contribution in [0.2, 0.25) is 10.0 Å². The number of benzene rings is 3. The number of nitrogens with one attached hydrogen (secondary N) is 1. The van der Waals surface area contributed by atoms with Crippen molar-refractivity contribution >= 4 is 41.3 Å². The first kappa shape index (κ1) is 26.4. The van der Waals surface area contributed by atoms with Gasteiger partial charge in [0.25, 0.3) is 0 Å². The molecule has 2 aliphatic rings. The van der Waals surface area contributed by atoms with E-state index in [0.717, 1.165) is 53.6 Å². The second-order valence-electron chi connectivity index (χ2n) is 9.51. The number of carbonyl (C=O) groups excluding carboxylic acids is 1. The van der Waals surface area contributed by atoms with E-state index in [9.17, 15) is 14.7 Å². The molecule has 1 aliphatic heterocycles. The van der Waals surface area contributed by atoms with Gasteiger partial charge in [-0.2, -0.15) is 0 Å². The summed E-state index contributed by atoms with van der Waals surface area (Å²) in [6, 6.07) is 14.7. The van der Waals surface area contributed by atoms with Gasteiger partial charge in [-0.15, -0.1) is 0 Å². The lowest BCUT2D eigenvalue weighted by Crippen LogP contribution is -2.35. The lowest BCUT2D eigenvalue weighted by molar-refractivity contribution is -0.142. The molecule has 0 spiro atoms. The lowest BCUT2D eigenvalue weighted by atomic mass is 9.96. The van der Waals surface area contributed by atoms with Gasteiger partial charge in [0.1, 0.15) is 23.6 Å². The third-order valence-electron chi connectivity index (χ3n) is 7.35. The summed E-state index contributed by atoms with van der Waals surface area (Å²) in [5, 5.41) is 13.1. The number of likely N-dealkylation sites (tertiary alicyclic amines) is 1. The number of amides is 1. The van der Waals surface area contributed by atoms with E-state index in [-0.39, 0.29) is 6.10 Å². The number of carboxylic acids is 1. The van der Waals surface area contributed by atoms with Crippen LogP contribution in [0.4, 0.5) is 5.69 Å². The number of fused-ring (bicyclic) bond motifs is 1. The summed E-state index contributed by atoms with van der Waals surface area (Å²) in [6.07, 6.45) is 3.46. The Morgan fingerprint density at radius 2 is 1.92 bits per heavy atom. The van der Waals surface area contributed by atoms with Crippen LogP contribution in [0.3, 0.4) is 0 Å². The number of ether oxygens (including phenoxy) is 2. The fourth-order valence-electron chi connectivity index (χ4n) is 5.55. The first-order valence-corrected chi connectivity index (χ1v) is 13.3. The number of anilines is 1. The molecule has 1 heterocycles. The maximum Gasteiger partial charge on any atom is 0.320 e. The summed E-state index contributed by atoms with van der Waals surface area (Å²) < 4.78 is 12.1. The van der Waals surface area contributed by atoms with Crippen LogP contribution in [-0.2, 0) is 22.6 Å². The van der Waals surface area contributed by atoms with Crippen molar-refractivity contribution in [2.45, 2.75) is 44.4 Å². The number of hydrogen-bond donors (Lipinski definition) is 2. The molecule has 7 nitrogen and oxygen atoms in total. The Labute approximate surface area is 231 Å². The van der Waals surface area contributed by atoms with Crippen molar-refractivity contribution < 1.29 is 24.2 Å².